The van der Waals surface area contributed by atoms with Crippen LogP contribution in [0.5, 0.6) is 5.75 Å². The SMILES string of the molecule is CCCCCNC(=O)C(c1ccccc1O)N(CCCC)C(=O)C(NC(=O)OC(C)(C)C)C(C)CC. The summed E-state index contributed by atoms with van der Waals surface area (Å²) < 4.78 is 5.42. The molecule has 0 bridgehead atoms. The van der Waals surface area contributed by atoms with Crippen LogP contribution in [0, 0.1) is 5.92 Å². The van der Waals surface area contributed by atoms with E-state index in [1.54, 1.807) is 39.0 Å². The number of hydrogen-bond donors (Lipinski definition) is 3. The number of nitrogens with zero attached hydrogens (tertiary/aromatic N) is 1. The number of phenolic OH excluding ortho intramolecular Hbond substituents is 1. The van der Waals surface area contributed by atoms with Crippen molar-refractivity contribution in [2.45, 2.75) is 105 Å². The molecule has 0 aliphatic heterocycles. The number of ether oxygens (including phenoxy) is 1. The summed E-state index contributed by atoms with van der Waals surface area (Å²) in [5.41, 5.74) is -0.360. The molecule has 204 valence electrons. The number of para-hydroxylation sites is 1. The Balaban J connectivity index is 3.43. The molecule has 3 unspecified atom stereocenters. The first-order valence-electron chi connectivity index (χ1n) is 13.3. The van der Waals surface area contributed by atoms with E-state index >= 15 is 0 Å². The lowest BCUT2D eigenvalue weighted by atomic mass is 9.95. The Kier molecular flexibility index (Phi) is 13.3. The van der Waals surface area contributed by atoms with Crippen molar-refractivity contribution in [3.63, 3.8) is 0 Å². The maximum Gasteiger partial charge on any atom is 0.408 e. The van der Waals surface area contributed by atoms with Crippen molar-refractivity contribution in [3.8, 4) is 5.75 Å². The molecule has 0 spiro atoms. The van der Waals surface area contributed by atoms with Gasteiger partial charge in [-0.3, -0.25) is 9.59 Å². The molecule has 0 aliphatic carbocycles. The molecule has 1 rings (SSSR count). The number of phenols is 1. The molecular formula is C28H47N3O5. The summed E-state index contributed by atoms with van der Waals surface area (Å²) in [5, 5.41) is 16.4. The van der Waals surface area contributed by atoms with Gasteiger partial charge in [0.25, 0.3) is 0 Å². The predicted molar refractivity (Wildman–Crippen MR) is 143 cm³/mol. The smallest absolute Gasteiger partial charge is 0.408 e. The third kappa shape index (κ3) is 10.1. The Hall–Kier alpha value is -2.77. The van der Waals surface area contributed by atoms with Crippen molar-refractivity contribution in [2.24, 2.45) is 5.92 Å². The number of rotatable bonds is 14. The van der Waals surface area contributed by atoms with Crippen molar-refractivity contribution in [2.75, 3.05) is 13.1 Å². The van der Waals surface area contributed by atoms with Crippen LogP contribution >= 0.6 is 0 Å². The van der Waals surface area contributed by atoms with E-state index in [9.17, 15) is 19.5 Å². The monoisotopic (exact) mass is 505 g/mol. The lowest BCUT2D eigenvalue weighted by molar-refractivity contribution is -0.143. The van der Waals surface area contributed by atoms with Crippen LogP contribution < -0.4 is 10.6 Å². The topological polar surface area (TPSA) is 108 Å². The highest BCUT2D eigenvalue weighted by atomic mass is 16.6. The summed E-state index contributed by atoms with van der Waals surface area (Å²) >= 11 is 0. The zero-order chi connectivity index (χ0) is 27.3. The highest BCUT2D eigenvalue weighted by Gasteiger charge is 2.38. The summed E-state index contributed by atoms with van der Waals surface area (Å²) in [7, 11) is 0. The number of nitrogens with one attached hydrogen (secondary N) is 2. The summed E-state index contributed by atoms with van der Waals surface area (Å²) in [6.45, 7) is 14.0. The molecule has 0 saturated heterocycles. The minimum atomic E-state index is -1.03. The number of unbranched alkanes of at least 4 members (excludes halogenated alkanes) is 3. The molecule has 1 aromatic carbocycles. The van der Waals surface area contributed by atoms with E-state index in [4.69, 9.17) is 4.74 Å². The fourth-order valence-electron chi connectivity index (χ4n) is 3.84. The van der Waals surface area contributed by atoms with Crippen LogP contribution in [-0.2, 0) is 14.3 Å². The molecule has 8 heteroatoms. The number of benzene rings is 1. The van der Waals surface area contributed by atoms with Gasteiger partial charge in [0, 0.05) is 18.7 Å². The molecule has 0 aromatic heterocycles. The van der Waals surface area contributed by atoms with Gasteiger partial charge >= 0.3 is 6.09 Å². The van der Waals surface area contributed by atoms with Gasteiger partial charge in [-0.05, 0) is 45.6 Å². The number of hydrogen-bond acceptors (Lipinski definition) is 5. The van der Waals surface area contributed by atoms with Gasteiger partial charge in [-0.2, -0.15) is 0 Å². The molecule has 8 nitrogen and oxygen atoms in total. The number of aromatic hydroxyl groups is 1. The summed E-state index contributed by atoms with van der Waals surface area (Å²) in [6.07, 6.45) is 4.26. The van der Waals surface area contributed by atoms with Crippen LogP contribution in [0.15, 0.2) is 24.3 Å². The number of alkyl carbamates (subject to hydrolysis) is 1. The molecule has 0 radical (unpaired) electrons. The molecule has 0 saturated carbocycles. The van der Waals surface area contributed by atoms with Crippen LogP contribution in [0.2, 0.25) is 0 Å². The fourth-order valence-corrected chi connectivity index (χ4v) is 3.84. The van der Waals surface area contributed by atoms with E-state index in [0.717, 1.165) is 25.7 Å². The zero-order valence-corrected chi connectivity index (χ0v) is 23.2. The molecule has 0 fully saturated rings. The van der Waals surface area contributed by atoms with E-state index < -0.39 is 23.8 Å². The number of carbonyl (C=O) groups is 3. The average Bonchev–Trinajstić information content (AvgIpc) is 2.81. The van der Waals surface area contributed by atoms with Gasteiger partial charge in [-0.15, -0.1) is 0 Å². The minimum absolute atomic E-state index is 0.0549. The summed E-state index contributed by atoms with van der Waals surface area (Å²) in [5.74, 6) is -0.981. The van der Waals surface area contributed by atoms with Crippen molar-refractivity contribution < 1.29 is 24.2 Å². The molecule has 0 heterocycles. The van der Waals surface area contributed by atoms with Crippen LogP contribution in [0.3, 0.4) is 0 Å². The van der Waals surface area contributed by atoms with Gasteiger partial charge in [0.2, 0.25) is 11.8 Å². The highest BCUT2D eigenvalue weighted by molar-refractivity contribution is 5.92. The lowest BCUT2D eigenvalue weighted by Crippen LogP contribution is -2.55. The van der Waals surface area contributed by atoms with Gasteiger partial charge in [-0.25, -0.2) is 4.79 Å². The van der Waals surface area contributed by atoms with Gasteiger partial charge in [0.15, 0.2) is 0 Å². The van der Waals surface area contributed by atoms with E-state index in [0.29, 0.717) is 31.5 Å². The fraction of sp³-hybridized carbons (Fsp3) is 0.679. The van der Waals surface area contributed by atoms with E-state index in [1.807, 2.05) is 20.8 Å². The van der Waals surface area contributed by atoms with E-state index in [1.165, 1.54) is 11.0 Å². The largest absolute Gasteiger partial charge is 0.508 e. The quantitative estimate of drug-likeness (QED) is 0.297. The van der Waals surface area contributed by atoms with Crippen molar-refractivity contribution in [1.29, 1.82) is 0 Å². The van der Waals surface area contributed by atoms with Gasteiger partial charge in [0.05, 0.1) is 0 Å². The molecule has 3 N–H and O–H groups in total. The highest BCUT2D eigenvalue weighted by Crippen LogP contribution is 2.31. The second-order valence-corrected chi connectivity index (χ2v) is 10.4. The van der Waals surface area contributed by atoms with Crippen LogP contribution in [0.4, 0.5) is 4.79 Å². The molecule has 1 aromatic rings. The Bertz CT molecular complexity index is 837. The first-order valence-corrected chi connectivity index (χ1v) is 13.3. The van der Waals surface area contributed by atoms with E-state index in [2.05, 4.69) is 17.6 Å². The van der Waals surface area contributed by atoms with Crippen molar-refractivity contribution >= 4 is 17.9 Å². The van der Waals surface area contributed by atoms with Crippen molar-refractivity contribution in [3.05, 3.63) is 29.8 Å². The molecule has 0 aliphatic rings. The van der Waals surface area contributed by atoms with Gasteiger partial charge < -0.3 is 25.4 Å². The van der Waals surface area contributed by atoms with Gasteiger partial charge in [-0.1, -0.05) is 71.6 Å². The third-order valence-electron chi connectivity index (χ3n) is 6.06. The average molecular weight is 506 g/mol. The second-order valence-electron chi connectivity index (χ2n) is 10.4. The summed E-state index contributed by atoms with van der Waals surface area (Å²) in [4.78, 5) is 41.7. The van der Waals surface area contributed by atoms with E-state index in [-0.39, 0.29) is 23.5 Å². The minimum Gasteiger partial charge on any atom is -0.508 e. The molecule has 36 heavy (non-hydrogen) atoms. The third-order valence-corrected chi connectivity index (χ3v) is 6.06. The Morgan fingerprint density at radius 2 is 1.67 bits per heavy atom. The molecule has 3 atom stereocenters. The first-order chi connectivity index (χ1) is 17.0. The summed E-state index contributed by atoms with van der Waals surface area (Å²) in [6, 6.07) is 4.68. The predicted octanol–water partition coefficient (Wildman–Crippen LogP) is 5.31. The number of carbonyl (C=O) groups excluding carboxylic acids is 3. The maximum absolute atomic E-state index is 14.1. The van der Waals surface area contributed by atoms with Crippen LogP contribution in [0.25, 0.3) is 0 Å². The Morgan fingerprint density at radius 3 is 2.22 bits per heavy atom. The molecule has 3 amide bonds. The Labute approximate surface area is 217 Å². The maximum atomic E-state index is 14.1. The number of amides is 3. The second kappa shape index (κ2) is 15.4. The standard InChI is InChI=1S/C28H47N3O5/c1-8-11-15-18-29-25(33)24(21-16-13-14-17-22(21)32)31(19-12-9-2)26(34)23(20(4)10-3)30-27(35)36-28(5,6)7/h13-14,16-17,20,23-24,32H,8-12,15,18-19H2,1-7H3,(H,29,33)(H,30,35). The zero-order valence-electron chi connectivity index (χ0n) is 23.2. The Morgan fingerprint density at radius 1 is 1.03 bits per heavy atom. The molecular weight excluding hydrogens is 458 g/mol. The van der Waals surface area contributed by atoms with Crippen LogP contribution in [0.1, 0.15) is 98.6 Å². The van der Waals surface area contributed by atoms with Crippen LogP contribution in [-0.4, -0.2) is 52.6 Å². The van der Waals surface area contributed by atoms with Gasteiger partial charge in [0.1, 0.15) is 23.4 Å². The lowest BCUT2D eigenvalue weighted by Gasteiger charge is -2.36. The van der Waals surface area contributed by atoms with Crippen molar-refractivity contribution in [1.82, 2.24) is 15.5 Å². The normalized spacial score (nSPS) is 13.9. The first kappa shape index (κ1) is 31.3.